The largest absolute Gasteiger partial charge is 0.305 e. The van der Waals surface area contributed by atoms with E-state index in [0.29, 0.717) is 0 Å². The Balaban J connectivity index is 1.69. The molecule has 4 rings (SSSR count). The minimum atomic E-state index is 0.181. The first-order valence-electron chi connectivity index (χ1n) is 10.4. The predicted molar refractivity (Wildman–Crippen MR) is 129 cm³/mol. The normalized spacial score (nSPS) is 13.0. The smallest absolute Gasteiger partial charge is 0.0539 e. The molecule has 0 aromatic heterocycles. The Bertz CT molecular complexity index is 1010. The quantitative estimate of drug-likeness (QED) is 0.305. The van der Waals surface area contributed by atoms with Crippen LogP contribution in [0.15, 0.2) is 120 Å². The van der Waals surface area contributed by atoms with Gasteiger partial charge in [-0.3, -0.25) is 0 Å². The summed E-state index contributed by atoms with van der Waals surface area (Å²) in [4.78, 5) is 1.29. The highest BCUT2D eigenvalue weighted by atomic mass is 32.2. The number of hydrogen-bond donors (Lipinski definition) is 1. The number of benzene rings is 4. The van der Waals surface area contributed by atoms with Crippen LogP contribution in [-0.4, -0.2) is 0 Å². The van der Waals surface area contributed by atoms with Crippen LogP contribution < -0.4 is 5.32 Å². The van der Waals surface area contributed by atoms with E-state index in [0.717, 1.165) is 6.54 Å². The summed E-state index contributed by atoms with van der Waals surface area (Å²) in [7, 11) is 0. The topological polar surface area (TPSA) is 12.0 Å². The minimum absolute atomic E-state index is 0.181. The third-order valence-corrected chi connectivity index (χ3v) is 6.59. The van der Waals surface area contributed by atoms with E-state index < -0.39 is 0 Å². The summed E-state index contributed by atoms with van der Waals surface area (Å²) < 4.78 is 0. The van der Waals surface area contributed by atoms with E-state index in [2.05, 4.69) is 128 Å². The summed E-state index contributed by atoms with van der Waals surface area (Å²) in [6.45, 7) is 2.97. The molecule has 30 heavy (non-hydrogen) atoms. The van der Waals surface area contributed by atoms with Crippen LogP contribution in [-0.2, 0) is 6.54 Å². The molecule has 0 bridgehead atoms. The fraction of sp³-hybridized carbons (Fsp3) is 0.143. The summed E-state index contributed by atoms with van der Waals surface area (Å²) in [5, 5.41) is 4.11. The van der Waals surface area contributed by atoms with Crippen molar-refractivity contribution in [1.29, 1.82) is 0 Å². The van der Waals surface area contributed by atoms with Crippen molar-refractivity contribution in [2.75, 3.05) is 0 Å². The predicted octanol–water partition coefficient (Wildman–Crippen LogP) is 7.36. The maximum Gasteiger partial charge on any atom is 0.0539 e. The first kappa shape index (κ1) is 20.5. The van der Waals surface area contributed by atoms with Gasteiger partial charge in [-0.15, -0.1) is 11.8 Å². The van der Waals surface area contributed by atoms with Crippen LogP contribution in [0, 0.1) is 6.92 Å². The van der Waals surface area contributed by atoms with E-state index >= 15 is 0 Å². The molecule has 2 heteroatoms. The van der Waals surface area contributed by atoms with Gasteiger partial charge >= 0.3 is 0 Å². The molecule has 1 N–H and O–H groups in total. The molecule has 150 valence electrons. The average Bonchev–Trinajstić information content (AvgIpc) is 2.82. The second-order valence-electron chi connectivity index (χ2n) is 7.52. The standard InChI is InChI=1S/C28H27NS/c1-22-17-19-26(20-18-22)30-28(25-15-9-4-10-16-25)27(24-13-7-3-8-14-24)29-21-23-11-5-2-6-12-23/h2-20,27-29H,21H2,1H3/t27-,28-/m1/s1. The van der Waals surface area contributed by atoms with Crippen LogP contribution in [0.5, 0.6) is 0 Å². The lowest BCUT2D eigenvalue weighted by atomic mass is 9.98. The van der Waals surface area contributed by atoms with Gasteiger partial charge in [0.05, 0.1) is 5.25 Å². The van der Waals surface area contributed by atoms with Crippen molar-refractivity contribution in [2.45, 2.75) is 29.7 Å². The van der Waals surface area contributed by atoms with Crippen molar-refractivity contribution in [3.63, 3.8) is 0 Å². The summed E-state index contributed by atoms with van der Waals surface area (Å²) in [5.74, 6) is 0. The molecular formula is C28H27NS. The van der Waals surface area contributed by atoms with E-state index in [1.54, 1.807) is 0 Å². The molecule has 0 unspecified atom stereocenters. The average molecular weight is 410 g/mol. The molecule has 0 aliphatic carbocycles. The summed E-state index contributed by atoms with van der Waals surface area (Å²) >= 11 is 1.93. The van der Waals surface area contributed by atoms with Crippen LogP contribution in [0.25, 0.3) is 0 Å². The number of hydrogen-bond acceptors (Lipinski definition) is 2. The van der Waals surface area contributed by atoms with Crippen molar-refractivity contribution in [2.24, 2.45) is 0 Å². The van der Waals surface area contributed by atoms with Crippen molar-refractivity contribution in [1.82, 2.24) is 5.32 Å². The third kappa shape index (κ3) is 5.41. The molecule has 0 saturated carbocycles. The van der Waals surface area contributed by atoms with Gasteiger partial charge < -0.3 is 5.32 Å². The number of aryl methyl sites for hydroxylation is 1. The van der Waals surface area contributed by atoms with Gasteiger partial charge in [0.1, 0.15) is 0 Å². The zero-order valence-electron chi connectivity index (χ0n) is 17.2. The molecule has 1 nitrogen and oxygen atoms in total. The Labute approximate surface area is 184 Å². The van der Waals surface area contributed by atoms with Crippen molar-refractivity contribution in [3.05, 3.63) is 138 Å². The first-order chi connectivity index (χ1) is 14.8. The van der Waals surface area contributed by atoms with Crippen LogP contribution in [0.3, 0.4) is 0 Å². The number of nitrogens with one attached hydrogen (secondary N) is 1. The van der Waals surface area contributed by atoms with E-state index in [-0.39, 0.29) is 11.3 Å². The first-order valence-corrected chi connectivity index (χ1v) is 11.3. The Kier molecular flexibility index (Phi) is 7.02. The molecule has 0 fully saturated rings. The Hall–Kier alpha value is -2.81. The van der Waals surface area contributed by atoms with Crippen LogP contribution >= 0.6 is 11.8 Å². The van der Waals surface area contributed by atoms with Gasteiger partial charge in [-0.05, 0) is 35.7 Å². The molecule has 0 radical (unpaired) electrons. The Morgan fingerprint density at radius 2 is 1.17 bits per heavy atom. The van der Waals surface area contributed by atoms with Crippen LogP contribution in [0.4, 0.5) is 0 Å². The van der Waals surface area contributed by atoms with Gasteiger partial charge in [0.2, 0.25) is 0 Å². The molecule has 0 spiro atoms. The fourth-order valence-electron chi connectivity index (χ4n) is 3.62. The van der Waals surface area contributed by atoms with Gasteiger partial charge in [-0.25, -0.2) is 0 Å². The molecule has 4 aromatic rings. The fourth-order valence-corrected chi connectivity index (χ4v) is 4.89. The highest BCUT2D eigenvalue weighted by Crippen LogP contribution is 2.44. The van der Waals surface area contributed by atoms with Crippen LogP contribution in [0.1, 0.15) is 33.5 Å². The monoisotopic (exact) mass is 409 g/mol. The van der Waals surface area contributed by atoms with Crippen molar-refractivity contribution in [3.8, 4) is 0 Å². The van der Waals surface area contributed by atoms with E-state index in [4.69, 9.17) is 0 Å². The summed E-state index contributed by atoms with van der Waals surface area (Å²) in [5.41, 5.74) is 5.22. The van der Waals surface area contributed by atoms with Crippen molar-refractivity contribution >= 4 is 11.8 Å². The highest BCUT2D eigenvalue weighted by molar-refractivity contribution is 7.99. The van der Waals surface area contributed by atoms with E-state index in [9.17, 15) is 0 Å². The van der Waals surface area contributed by atoms with E-state index in [1.165, 1.54) is 27.1 Å². The number of rotatable bonds is 8. The van der Waals surface area contributed by atoms with Gasteiger partial charge in [0, 0.05) is 17.5 Å². The van der Waals surface area contributed by atoms with Gasteiger partial charge in [0.15, 0.2) is 0 Å². The molecule has 0 amide bonds. The Morgan fingerprint density at radius 3 is 1.77 bits per heavy atom. The zero-order valence-corrected chi connectivity index (χ0v) is 18.1. The minimum Gasteiger partial charge on any atom is -0.305 e. The highest BCUT2D eigenvalue weighted by Gasteiger charge is 2.25. The lowest BCUT2D eigenvalue weighted by Crippen LogP contribution is -2.25. The lowest BCUT2D eigenvalue weighted by molar-refractivity contribution is 0.522. The van der Waals surface area contributed by atoms with Crippen molar-refractivity contribution < 1.29 is 0 Å². The second-order valence-corrected chi connectivity index (χ2v) is 8.73. The molecule has 4 aromatic carbocycles. The number of thioether (sulfide) groups is 1. The molecule has 0 saturated heterocycles. The summed E-state index contributed by atoms with van der Waals surface area (Å²) in [6.07, 6.45) is 0. The molecular weight excluding hydrogens is 382 g/mol. The van der Waals surface area contributed by atoms with Crippen LogP contribution in [0.2, 0.25) is 0 Å². The SMILES string of the molecule is Cc1ccc(S[C@H](c2ccccc2)[C@H](NCc2ccccc2)c2ccccc2)cc1. The van der Waals surface area contributed by atoms with Gasteiger partial charge in [-0.1, -0.05) is 109 Å². The van der Waals surface area contributed by atoms with Gasteiger partial charge in [-0.2, -0.15) is 0 Å². The maximum atomic E-state index is 3.86. The molecule has 0 heterocycles. The lowest BCUT2D eigenvalue weighted by Gasteiger charge is -2.29. The zero-order chi connectivity index (χ0) is 20.6. The maximum absolute atomic E-state index is 3.86. The molecule has 2 atom stereocenters. The summed E-state index contributed by atoms with van der Waals surface area (Å²) in [6, 6.07) is 41.3. The molecule has 0 aliphatic rings. The second kappa shape index (κ2) is 10.3. The third-order valence-electron chi connectivity index (χ3n) is 5.24. The van der Waals surface area contributed by atoms with E-state index in [1.807, 2.05) is 11.8 Å². The Morgan fingerprint density at radius 1 is 0.633 bits per heavy atom. The van der Waals surface area contributed by atoms with Gasteiger partial charge in [0.25, 0.3) is 0 Å². The molecule has 0 aliphatic heterocycles.